The highest BCUT2D eigenvalue weighted by atomic mass is 127. The highest BCUT2D eigenvalue weighted by molar-refractivity contribution is 14.1. The third-order valence-corrected chi connectivity index (χ3v) is 3.91. The summed E-state index contributed by atoms with van der Waals surface area (Å²) in [5.74, 6) is -1.13. The van der Waals surface area contributed by atoms with Crippen LogP contribution in [0.2, 0.25) is 0 Å². The van der Waals surface area contributed by atoms with Gasteiger partial charge in [0.15, 0.2) is 5.78 Å². The molecule has 1 atom stereocenters. The quantitative estimate of drug-likeness (QED) is 0.583. The first-order valence-electron chi connectivity index (χ1n) is 6.09. The van der Waals surface area contributed by atoms with E-state index < -0.39 is 11.7 Å². The van der Waals surface area contributed by atoms with Crippen LogP contribution in [0.15, 0.2) is 42.5 Å². The molecule has 2 aromatic carbocycles. The van der Waals surface area contributed by atoms with Crippen LogP contribution in [0.4, 0.5) is 4.39 Å². The third-order valence-electron chi connectivity index (χ3n) is 3.02. The maximum absolute atomic E-state index is 13.1. The van der Waals surface area contributed by atoms with E-state index in [1.807, 2.05) is 28.7 Å². The third kappa shape index (κ3) is 3.39. The van der Waals surface area contributed by atoms with Crippen molar-refractivity contribution in [3.63, 3.8) is 0 Å². The molecule has 0 saturated carbocycles. The number of ketones is 1. The lowest BCUT2D eigenvalue weighted by molar-refractivity contribution is 0.0978. The van der Waals surface area contributed by atoms with Crippen molar-refractivity contribution in [2.24, 2.45) is 0 Å². The molecule has 3 nitrogen and oxygen atoms in total. The molecule has 0 saturated heterocycles. The Kier molecular flexibility index (Phi) is 4.91. The summed E-state index contributed by atoms with van der Waals surface area (Å²) in [6.07, 6.45) is 0. The van der Waals surface area contributed by atoms with Gasteiger partial charge in [-0.3, -0.25) is 4.79 Å². The first-order chi connectivity index (χ1) is 10.1. The molecule has 0 N–H and O–H groups in total. The van der Waals surface area contributed by atoms with Crippen molar-refractivity contribution in [2.45, 2.75) is 5.92 Å². The lowest BCUT2D eigenvalue weighted by Gasteiger charge is -2.11. The van der Waals surface area contributed by atoms with E-state index in [0.717, 1.165) is 0 Å². The van der Waals surface area contributed by atoms with E-state index in [4.69, 9.17) is 4.74 Å². The van der Waals surface area contributed by atoms with Crippen LogP contribution in [0.25, 0.3) is 0 Å². The Hall–Kier alpha value is -1.94. The molecule has 0 bridgehead atoms. The van der Waals surface area contributed by atoms with Crippen LogP contribution in [-0.4, -0.2) is 12.9 Å². The van der Waals surface area contributed by atoms with Gasteiger partial charge in [0.25, 0.3) is 0 Å². The summed E-state index contributed by atoms with van der Waals surface area (Å²) in [5, 5.41) is 9.33. The Morgan fingerprint density at radius 1 is 1.33 bits per heavy atom. The monoisotopic (exact) mass is 395 g/mol. The standard InChI is InChI=1S/C16H11FINO2/c1-21-12-4-2-3-10(7-12)14(9-19)16(20)13-6-5-11(17)8-15(13)18/h2-8,14H,1H3. The Labute approximate surface area is 135 Å². The zero-order chi connectivity index (χ0) is 15.4. The minimum atomic E-state index is -0.945. The van der Waals surface area contributed by atoms with Crippen molar-refractivity contribution in [2.75, 3.05) is 7.11 Å². The molecule has 5 heteroatoms. The number of benzene rings is 2. The number of nitriles is 1. The molecule has 0 aliphatic carbocycles. The van der Waals surface area contributed by atoms with E-state index in [-0.39, 0.29) is 5.78 Å². The Bertz CT molecular complexity index is 724. The largest absolute Gasteiger partial charge is 0.497 e. The number of carbonyl (C=O) groups is 1. The SMILES string of the molecule is COc1cccc(C(C#N)C(=O)c2ccc(F)cc2I)c1. The van der Waals surface area contributed by atoms with Gasteiger partial charge in [0.05, 0.1) is 13.2 Å². The predicted octanol–water partition coefficient (Wildman–Crippen LogP) is 3.93. The van der Waals surface area contributed by atoms with Crippen LogP contribution in [0.3, 0.4) is 0 Å². The molecule has 0 radical (unpaired) electrons. The van der Waals surface area contributed by atoms with Gasteiger partial charge in [-0.1, -0.05) is 12.1 Å². The van der Waals surface area contributed by atoms with Gasteiger partial charge in [0.2, 0.25) is 0 Å². The molecule has 2 aromatic rings. The average molecular weight is 395 g/mol. The second kappa shape index (κ2) is 6.68. The van der Waals surface area contributed by atoms with E-state index in [1.165, 1.54) is 25.3 Å². The first kappa shape index (κ1) is 15.4. The molecule has 1 unspecified atom stereocenters. The molecule has 0 fully saturated rings. The lowest BCUT2D eigenvalue weighted by atomic mass is 9.92. The summed E-state index contributed by atoms with van der Waals surface area (Å²) < 4.78 is 18.7. The van der Waals surface area contributed by atoms with E-state index >= 15 is 0 Å². The summed E-state index contributed by atoms with van der Waals surface area (Å²) in [6.45, 7) is 0. The summed E-state index contributed by atoms with van der Waals surface area (Å²) >= 11 is 1.89. The van der Waals surface area contributed by atoms with Crippen LogP contribution >= 0.6 is 22.6 Å². The molecule has 0 aliphatic heterocycles. The molecule has 0 aromatic heterocycles. The van der Waals surface area contributed by atoms with Gasteiger partial charge in [0.1, 0.15) is 17.5 Å². The van der Waals surface area contributed by atoms with Crippen LogP contribution in [0.5, 0.6) is 5.75 Å². The Balaban J connectivity index is 2.41. The highest BCUT2D eigenvalue weighted by Crippen LogP contribution is 2.26. The normalized spacial score (nSPS) is 11.5. The van der Waals surface area contributed by atoms with Gasteiger partial charge < -0.3 is 4.74 Å². The van der Waals surface area contributed by atoms with Gasteiger partial charge in [-0.25, -0.2) is 4.39 Å². The zero-order valence-corrected chi connectivity index (χ0v) is 13.3. The van der Waals surface area contributed by atoms with Gasteiger partial charge in [0, 0.05) is 9.13 Å². The lowest BCUT2D eigenvalue weighted by Crippen LogP contribution is -2.13. The van der Waals surface area contributed by atoms with Gasteiger partial charge in [-0.05, 0) is 58.5 Å². The molecule has 0 amide bonds. The van der Waals surface area contributed by atoms with Crippen molar-refractivity contribution >= 4 is 28.4 Å². The summed E-state index contributed by atoms with van der Waals surface area (Å²) in [5.41, 5.74) is 0.897. The number of ether oxygens (including phenoxy) is 1. The molecule has 106 valence electrons. The Morgan fingerprint density at radius 3 is 2.71 bits per heavy atom. The number of halogens is 2. The fraction of sp³-hybridized carbons (Fsp3) is 0.125. The van der Waals surface area contributed by atoms with Crippen LogP contribution in [0.1, 0.15) is 21.8 Å². The second-order valence-electron chi connectivity index (χ2n) is 4.33. The number of rotatable bonds is 4. The average Bonchev–Trinajstić information content (AvgIpc) is 2.48. The molecule has 0 aliphatic rings. The molecule has 0 heterocycles. The maximum atomic E-state index is 13.1. The topological polar surface area (TPSA) is 50.1 Å². The van der Waals surface area contributed by atoms with Crippen molar-refractivity contribution in [1.82, 2.24) is 0 Å². The maximum Gasteiger partial charge on any atom is 0.185 e. The molecular formula is C16H11FINO2. The summed E-state index contributed by atoms with van der Waals surface area (Å²) in [6, 6.07) is 12.7. The van der Waals surface area contributed by atoms with Gasteiger partial charge in [-0.2, -0.15) is 5.26 Å². The van der Waals surface area contributed by atoms with Crippen LogP contribution in [-0.2, 0) is 0 Å². The van der Waals surface area contributed by atoms with E-state index in [9.17, 15) is 14.4 Å². The number of hydrogen-bond acceptors (Lipinski definition) is 3. The molecule has 21 heavy (non-hydrogen) atoms. The number of methoxy groups -OCH3 is 1. The molecular weight excluding hydrogens is 384 g/mol. The molecule has 0 spiro atoms. The minimum Gasteiger partial charge on any atom is -0.497 e. The fourth-order valence-corrected chi connectivity index (χ4v) is 2.69. The Morgan fingerprint density at radius 2 is 2.10 bits per heavy atom. The summed E-state index contributed by atoms with van der Waals surface area (Å²) in [7, 11) is 1.52. The zero-order valence-electron chi connectivity index (χ0n) is 11.1. The first-order valence-corrected chi connectivity index (χ1v) is 7.17. The highest BCUT2D eigenvalue weighted by Gasteiger charge is 2.24. The van der Waals surface area contributed by atoms with E-state index in [1.54, 1.807) is 24.3 Å². The van der Waals surface area contributed by atoms with Crippen LogP contribution < -0.4 is 4.74 Å². The molecule has 2 rings (SSSR count). The number of hydrogen-bond donors (Lipinski definition) is 0. The number of carbonyl (C=O) groups excluding carboxylic acids is 1. The fourth-order valence-electron chi connectivity index (χ4n) is 1.95. The minimum absolute atomic E-state index is 0.339. The van der Waals surface area contributed by atoms with Crippen molar-refractivity contribution in [3.8, 4) is 11.8 Å². The van der Waals surface area contributed by atoms with Crippen molar-refractivity contribution in [1.29, 1.82) is 5.26 Å². The predicted molar refractivity (Wildman–Crippen MR) is 84.8 cm³/mol. The second-order valence-corrected chi connectivity index (χ2v) is 5.49. The summed E-state index contributed by atoms with van der Waals surface area (Å²) in [4.78, 5) is 12.5. The van der Waals surface area contributed by atoms with Gasteiger partial charge >= 0.3 is 0 Å². The number of Topliss-reactive ketones (excluding diaryl/α,β-unsaturated/α-hetero) is 1. The van der Waals surface area contributed by atoms with Gasteiger partial charge in [-0.15, -0.1) is 0 Å². The van der Waals surface area contributed by atoms with Crippen LogP contribution in [0, 0.1) is 20.7 Å². The van der Waals surface area contributed by atoms with E-state index in [2.05, 4.69) is 0 Å². The van der Waals surface area contributed by atoms with Crippen molar-refractivity contribution < 1.29 is 13.9 Å². The smallest absolute Gasteiger partial charge is 0.185 e. The number of nitrogens with zero attached hydrogens (tertiary/aromatic N) is 1. The van der Waals surface area contributed by atoms with E-state index in [0.29, 0.717) is 20.4 Å². The van der Waals surface area contributed by atoms with Crippen molar-refractivity contribution in [3.05, 3.63) is 63.0 Å².